The van der Waals surface area contributed by atoms with Gasteiger partial charge in [0.1, 0.15) is 6.61 Å². The summed E-state index contributed by atoms with van der Waals surface area (Å²) in [5.41, 5.74) is 7.07. The number of carboxylic acid groups (broad SMARTS) is 2. The van der Waals surface area contributed by atoms with Gasteiger partial charge in [-0.25, -0.2) is 14.8 Å². The van der Waals surface area contributed by atoms with Gasteiger partial charge in [-0.1, -0.05) is 44.4 Å². The fourth-order valence-electron chi connectivity index (χ4n) is 2.44. The SMILES string of the molecule is C=C.CC#CCOOOO.CCN(CC)C(C(=O)O)C(=O)O.[CH2-]CC1CCC1C[NH-].[Pt+2]. The number of rotatable bonds is 10. The fourth-order valence-corrected chi connectivity index (χ4v) is 2.44. The van der Waals surface area contributed by atoms with Gasteiger partial charge in [0.2, 0.25) is 6.04 Å². The largest absolute Gasteiger partial charge is 2.00 e. The fraction of sp³-hybridized carbons (Fsp3) is 0.650. The van der Waals surface area contributed by atoms with E-state index >= 15 is 0 Å². The van der Waals surface area contributed by atoms with Crippen molar-refractivity contribution in [3.05, 3.63) is 25.8 Å². The Morgan fingerprint density at radius 2 is 1.68 bits per heavy atom. The quantitative estimate of drug-likeness (QED) is 0.0631. The molecule has 0 heterocycles. The number of aliphatic carboxylic acids is 2. The molecule has 4 N–H and O–H groups in total. The average molecular weight is 628 g/mol. The third-order valence-corrected chi connectivity index (χ3v) is 4.24. The van der Waals surface area contributed by atoms with E-state index < -0.39 is 18.0 Å². The Morgan fingerprint density at radius 1 is 1.19 bits per heavy atom. The number of carboxylic acids is 2. The Kier molecular flexibility index (Phi) is 31.9. The van der Waals surface area contributed by atoms with Crippen molar-refractivity contribution in [2.24, 2.45) is 11.8 Å². The van der Waals surface area contributed by atoms with Crippen LogP contribution in [-0.4, -0.2) is 64.6 Å². The molecule has 0 amide bonds. The molecule has 1 saturated carbocycles. The maximum absolute atomic E-state index is 10.5. The van der Waals surface area contributed by atoms with Crippen LogP contribution in [-0.2, 0) is 45.6 Å². The van der Waals surface area contributed by atoms with Crippen molar-refractivity contribution in [1.82, 2.24) is 4.90 Å². The third-order valence-electron chi connectivity index (χ3n) is 4.24. The van der Waals surface area contributed by atoms with E-state index in [4.69, 9.17) is 21.2 Å². The second-order valence-corrected chi connectivity index (χ2v) is 5.72. The van der Waals surface area contributed by atoms with E-state index in [1.165, 1.54) is 17.7 Å². The third kappa shape index (κ3) is 19.1. The molecule has 0 aromatic heterocycles. The number of nitrogens with one attached hydrogen (secondary N) is 1. The second kappa shape index (κ2) is 26.7. The first-order chi connectivity index (χ1) is 14.3. The molecule has 184 valence electrons. The van der Waals surface area contributed by atoms with Crippen LogP contribution in [0.4, 0.5) is 0 Å². The molecule has 1 fully saturated rings. The normalized spacial score (nSPS) is 15.7. The molecule has 1 aliphatic rings. The average Bonchev–Trinajstić information content (AvgIpc) is 2.71. The minimum absolute atomic E-state index is 0. The standard InChI is InChI=1S/C7H13NO4.C7H13N.C4H6O4.C2H4.Pt/c1-3-8(4-2)5(6(9)10)7(11)12;1-2-6-3-4-7(6)5-8;1-2-3-4-6-8-7-5;1-2;/h5H,3-4H2,1-2H3,(H,9,10)(H,11,12);6-8H,1-5H2;5H,4H2,1H3;1-2H2;/q;-2;;;+2. The Bertz CT molecular complexity index is 467. The maximum atomic E-state index is 10.5. The number of nitrogens with zero attached hydrogens (tertiary/aromatic N) is 1. The Labute approximate surface area is 199 Å². The molecule has 0 spiro atoms. The Morgan fingerprint density at radius 3 is 1.87 bits per heavy atom. The zero-order chi connectivity index (χ0) is 23.9. The number of hydrogen-bond acceptors (Lipinski definition) is 7. The molecule has 0 aromatic carbocycles. The zero-order valence-corrected chi connectivity index (χ0v) is 20.7. The van der Waals surface area contributed by atoms with E-state index in [2.05, 4.69) is 46.9 Å². The smallest absolute Gasteiger partial charge is 0.677 e. The molecule has 0 radical (unpaired) electrons. The first-order valence-electron chi connectivity index (χ1n) is 9.47. The van der Waals surface area contributed by atoms with Crippen molar-refractivity contribution in [3.63, 3.8) is 0 Å². The van der Waals surface area contributed by atoms with Crippen molar-refractivity contribution in [2.45, 2.75) is 46.1 Å². The minimum Gasteiger partial charge on any atom is -0.677 e. The van der Waals surface area contributed by atoms with E-state index in [1.807, 2.05) is 0 Å². The maximum Gasteiger partial charge on any atom is 2.00 e. The first kappa shape index (κ1) is 37.0. The Balaban J connectivity index is -0.000000171. The predicted octanol–water partition coefficient (Wildman–Crippen LogP) is 3.32. The van der Waals surface area contributed by atoms with E-state index in [1.54, 1.807) is 20.8 Å². The van der Waals surface area contributed by atoms with Crippen molar-refractivity contribution in [1.29, 1.82) is 0 Å². The molecule has 1 rings (SSSR count). The van der Waals surface area contributed by atoms with Crippen LogP contribution in [0.3, 0.4) is 0 Å². The summed E-state index contributed by atoms with van der Waals surface area (Å²) in [6, 6.07) is -1.42. The van der Waals surface area contributed by atoms with E-state index in [9.17, 15) is 9.59 Å². The van der Waals surface area contributed by atoms with Crippen LogP contribution in [0.5, 0.6) is 0 Å². The molecule has 31 heavy (non-hydrogen) atoms. The van der Waals surface area contributed by atoms with Gasteiger partial charge in [0, 0.05) is 0 Å². The van der Waals surface area contributed by atoms with Crippen LogP contribution in [0.25, 0.3) is 5.73 Å². The van der Waals surface area contributed by atoms with Gasteiger partial charge in [-0.15, -0.1) is 25.6 Å². The van der Waals surface area contributed by atoms with Crippen molar-refractivity contribution in [3.8, 4) is 11.8 Å². The topological polar surface area (TPSA) is 150 Å². The molecule has 2 unspecified atom stereocenters. The van der Waals surface area contributed by atoms with Gasteiger partial charge in [0.15, 0.2) is 0 Å². The van der Waals surface area contributed by atoms with Gasteiger partial charge < -0.3 is 22.9 Å². The summed E-state index contributed by atoms with van der Waals surface area (Å²) in [5, 5.41) is 31.3. The predicted molar refractivity (Wildman–Crippen MR) is 113 cm³/mol. The molecular weight excluding hydrogens is 591 g/mol. The van der Waals surface area contributed by atoms with Crippen molar-refractivity contribution in [2.75, 3.05) is 26.2 Å². The van der Waals surface area contributed by atoms with Gasteiger partial charge in [0.25, 0.3) is 0 Å². The van der Waals surface area contributed by atoms with Crippen LogP contribution in [0, 0.1) is 30.6 Å². The first-order valence-corrected chi connectivity index (χ1v) is 9.47. The molecular formula is C20H36N2O8Pt. The van der Waals surface area contributed by atoms with E-state index in [0.717, 1.165) is 12.3 Å². The Hall–Kier alpha value is -1.31. The summed E-state index contributed by atoms with van der Waals surface area (Å²) in [4.78, 5) is 26.4. The molecule has 11 heteroatoms. The second-order valence-electron chi connectivity index (χ2n) is 5.72. The summed E-state index contributed by atoms with van der Waals surface area (Å²) in [7, 11) is 0. The number of hydrogen-bond donors (Lipinski definition) is 3. The summed E-state index contributed by atoms with van der Waals surface area (Å²) in [6.45, 7) is 16.5. The molecule has 1 aliphatic carbocycles. The van der Waals surface area contributed by atoms with Gasteiger partial charge in [-0.2, -0.15) is 11.3 Å². The monoisotopic (exact) mass is 627 g/mol. The van der Waals surface area contributed by atoms with Gasteiger partial charge >= 0.3 is 33.0 Å². The summed E-state index contributed by atoms with van der Waals surface area (Å²) >= 11 is 0. The summed E-state index contributed by atoms with van der Waals surface area (Å²) in [6.07, 6.45) is 3.65. The molecule has 10 nitrogen and oxygen atoms in total. The minimum atomic E-state index is -1.42. The van der Waals surface area contributed by atoms with Crippen LogP contribution >= 0.6 is 0 Å². The molecule has 0 saturated heterocycles. The summed E-state index contributed by atoms with van der Waals surface area (Å²) in [5.74, 6) is 3.90. The zero-order valence-electron chi connectivity index (χ0n) is 18.4. The molecule has 0 aromatic rings. The van der Waals surface area contributed by atoms with Crippen molar-refractivity contribution < 1.29 is 61.1 Å². The number of likely N-dealkylation sites (N-methyl/N-ethyl adjacent to an activating group) is 1. The molecule has 2 atom stereocenters. The molecule has 0 aliphatic heterocycles. The van der Waals surface area contributed by atoms with Crippen LogP contribution in [0.2, 0.25) is 0 Å². The van der Waals surface area contributed by atoms with Gasteiger partial charge in [-0.05, 0) is 30.1 Å². The van der Waals surface area contributed by atoms with Crippen molar-refractivity contribution >= 4 is 11.9 Å². The van der Waals surface area contributed by atoms with Crippen LogP contribution in [0.15, 0.2) is 13.2 Å². The number of carbonyl (C=O) groups is 2. The van der Waals surface area contributed by atoms with E-state index in [-0.39, 0.29) is 27.7 Å². The molecule has 0 bridgehead atoms. The van der Waals surface area contributed by atoms with Crippen LogP contribution in [0.1, 0.15) is 40.0 Å². The van der Waals surface area contributed by atoms with E-state index in [0.29, 0.717) is 25.6 Å². The van der Waals surface area contributed by atoms with Gasteiger partial charge in [-0.3, -0.25) is 4.90 Å². The van der Waals surface area contributed by atoms with Crippen LogP contribution < -0.4 is 0 Å². The summed E-state index contributed by atoms with van der Waals surface area (Å²) < 4.78 is 0. The van der Waals surface area contributed by atoms with Gasteiger partial charge in [0.05, 0.1) is 0 Å².